The molecule has 2 fully saturated rings. The van der Waals surface area contributed by atoms with Gasteiger partial charge in [0.2, 0.25) is 5.91 Å². The fraction of sp³-hybridized carbons (Fsp3) is 0.800. The van der Waals surface area contributed by atoms with Gasteiger partial charge in [0.05, 0.1) is 11.2 Å². The molecule has 2 saturated heterocycles. The summed E-state index contributed by atoms with van der Waals surface area (Å²) in [5, 5.41) is 8.79. The smallest absolute Gasteiger partial charge is 0.310 e. The molecular weight excluding hydrogens is 214 g/mol. The fourth-order valence-electron chi connectivity index (χ4n) is 1.95. The minimum atomic E-state index is -0.782. The van der Waals surface area contributed by atoms with Gasteiger partial charge in [0.25, 0.3) is 0 Å². The standard InChI is InChI=1S/C10H15NO3S/c12-9(8-3-1-2-4-15-8)11-5-7(6-11)10(13)14/h7-8H,1-6H2,(H,13,14). The molecule has 1 atom stereocenters. The number of hydrogen-bond donors (Lipinski definition) is 1. The first-order chi connectivity index (χ1) is 7.18. The third kappa shape index (κ3) is 2.27. The highest BCUT2D eigenvalue weighted by atomic mass is 32.2. The highest BCUT2D eigenvalue weighted by Gasteiger charge is 2.38. The molecule has 0 aliphatic carbocycles. The number of carbonyl (C=O) groups excluding carboxylic acids is 1. The van der Waals surface area contributed by atoms with E-state index in [1.807, 2.05) is 0 Å². The predicted molar refractivity (Wildman–Crippen MR) is 57.8 cm³/mol. The molecule has 0 saturated carbocycles. The van der Waals surface area contributed by atoms with Crippen LogP contribution in [0.15, 0.2) is 0 Å². The van der Waals surface area contributed by atoms with Gasteiger partial charge in [-0.3, -0.25) is 9.59 Å². The molecule has 0 aromatic rings. The van der Waals surface area contributed by atoms with E-state index in [-0.39, 0.29) is 17.1 Å². The van der Waals surface area contributed by atoms with Crippen molar-refractivity contribution in [2.24, 2.45) is 5.92 Å². The van der Waals surface area contributed by atoms with Crippen LogP contribution in [0.25, 0.3) is 0 Å². The molecule has 15 heavy (non-hydrogen) atoms. The molecule has 0 aromatic carbocycles. The Balaban J connectivity index is 1.80. The Morgan fingerprint density at radius 1 is 1.27 bits per heavy atom. The van der Waals surface area contributed by atoms with Crippen LogP contribution in [0.4, 0.5) is 0 Å². The third-order valence-electron chi connectivity index (χ3n) is 3.00. The molecule has 2 rings (SSSR count). The normalized spacial score (nSPS) is 27.2. The van der Waals surface area contributed by atoms with E-state index in [0.29, 0.717) is 13.1 Å². The number of thioether (sulfide) groups is 1. The number of amides is 1. The van der Waals surface area contributed by atoms with Crippen LogP contribution in [0.3, 0.4) is 0 Å². The monoisotopic (exact) mass is 229 g/mol. The maximum Gasteiger partial charge on any atom is 0.310 e. The van der Waals surface area contributed by atoms with Crippen LogP contribution in [-0.2, 0) is 9.59 Å². The van der Waals surface area contributed by atoms with Crippen LogP contribution in [-0.4, -0.2) is 46.0 Å². The lowest BCUT2D eigenvalue weighted by molar-refractivity contribution is -0.152. The molecule has 0 aromatic heterocycles. The van der Waals surface area contributed by atoms with Gasteiger partial charge < -0.3 is 10.0 Å². The molecule has 0 radical (unpaired) electrons. The number of carbonyl (C=O) groups is 2. The number of carboxylic acid groups (broad SMARTS) is 1. The largest absolute Gasteiger partial charge is 0.481 e. The number of carboxylic acids is 1. The molecule has 5 heteroatoms. The van der Waals surface area contributed by atoms with Crippen LogP contribution < -0.4 is 0 Å². The molecule has 0 spiro atoms. The van der Waals surface area contributed by atoms with Crippen molar-refractivity contribution >= 4 is 23.6 Å². The van der Waals surface area contributed by atoms with Crippen molar-refractivity contribution in [3.63, 3.8) is 0 Å². The molecule has 2 heterocycles. The number of likely N-dealkylation sites (tertiary alicyclic amines) is 1. The summed E-state index contributed by atoms with van der Waals surface area (Å²) < 4.78 is 0. The minimum Gasteiger partial charge on any atom is -0.481 e. The first-order valence-electron chi connectivity index (χ1n) is 5.31. The van der Waals surface area contributed by atoms with Crippen molar-refractivity contribution < 1.29 is 14.7 Å². The summed E-state index contributed by atoms with van der Waals surface area (Å²) in [7, 11) is 0. The first kappa shape index (κ1) is 10.8. The summed E-state index contributed by atoms with van der Waals surface area (Å²) in [4.78, 5) is 24.1. The van der Waals surface area contributed by atoms with Crippen molar-refractivity contribution in [2.45, 2.75) is 24.5 Å². The Morgan fingerprint density at radius 3 is 2.53 bits per heavy atom. The summed E-state index contributed by atoms with van der Waals surface area (Å²) in [6, 6.07) is 0. The lowest BCUT2D eigenvalue weighted by atomic mass is 9.99. The average Bonchev–Trinajstić information content (AvgIpc) is 2.16. The summed E-state index contributed by atoms with van der Waals surface area (Å²) in [5.74, 6) is 0.0992. The Kier molecular flexibility index (Phi) is 3.19. The molecule has 2 aliphatic heterocycles. The zero-order valence-electron chi connectivity index (χ0n) is 8.52. The van der Waals surface area contributed by atoms with Crippen molar-refractivity contribution in [1.82, 2.24) is 4.90 Å². The molecule has 2 aliphatic rings. The molecule has 1 amide bonds. The molecule has 4 nitrogen and oxygen atoms in total. The third-order valence-corrected chi connectivity index (χ3v) is 4.36. The van der Waals surface area contributed by atoms with Crippen molar-refractivity contribution in [2.75, 3.05) is 18.8 Å². The quantitative estimate of drug-likeness (QED) is 0.761. The Labute approximate surface area is 93.0 Å². The van der Waals surface area contributed by atoms with E-state index in [2.05, 4.69) is 0 Å². The zero-order valence-corrected chi connectivity index (χ0v) is 9.33. The number of rotatable bonds is 2. The molecule has 0 bridgehead atoms. The van der Waals surface area contributed by atoms with Gasteiger partial charge >= 0.3 is 5.97 Å². The highest BCUT2D eigenvalue weighted by molar-refractivity contribution is 8.00. The zero-order chi connectivity index (χ0) is 10.8. The maximum atomic E-state index is 11.9. The van der Waals surface area contributed by atoms with Crippen LogP contribution in [0.5, 0.6) is 0 Å². The van der Waals surface area contributed by atoms with Gasteiger partial charge in [-0.15, -0.1) is 11.8 Å². The summed E-state index contributed by atoms with van der Waals surface area (Å²) in [6.07, 6.45) is 3.28. The Morgan fingerprint density at radius 2 is 2.00 bits per heavy atom. The van der Waals surface area contributed by atoms with Crippen LogP contribution in [0, 0.1) is 5.92 Å². The highest BCUT2D eigenvalue weighted by Crippen LogP contribution is 2.29. The summed E-state index contributed by atoms with van der Waals surface area (Å²) in [6.45, 7) is 0.816. The molecule has 84 valence electrons. The summed E-state index contributed by atoms with van der Waals surface area (Å²) >= 11 is 1.72. The van der Waals surface area contributed by atoms with Gasteiger partial charge in [-0.2, -0.15) is 0 Å². The predicted octanol–water partition coefficient (Wildman–Crippen LogP) is 0.815. The summed E-state index contributed by atoms with van der Waals surface area (Å²) in [5.41, 5.74) is 0. The van der Waals surface area contributed by atoms with Crippen LogP contribution >= 0.6 is 11.8 Å². The Bertz CT molecular complexity index is 270. The van der Waals surface area contributed by atoms with Gasteiger partial charge in [0, 0.05) is 13.1 Å². The second-order valence-corrected chi connectivity index (χ2v) is 5.44. The lowest BCUT2D eigenvalue weighted by Crippen LogP contribution is -2.55. The molecule has 1 unspecified atom stereocenters. The fourth-order valence-corrected chi connectivity index (χ4v) is 3.23. The van der Waals surface area contributed by atoms with E-state index in [9.17, 15) is 9.59 Å². The van der Waals surface area contributed by atoms with Gasteiger partial charge in [-0.1, -0.05) is 6.42 Å². The van der Waals surface area contributed by atoms with Crippen molar-refractivity contribution in [3.8, 4) is 0 Å². The van der Waals surface area contributed by atoms with Crippen LogP contribution in [0.1, 0.15) is 19.3 Å². The first-order valence-corrected chi connectivity index (χ1v) is 6.36. The van der Waals surface area contributed by atoms with E-state index >= 15 is 0 Å². The maximum absolute atomic E-state index is 11.9. The van der Waals surface area contributed by atoms with Gasteiger partial charge in [0.1, 0.15) is 0 Å². The van der Waals surface area contributed by atoms with Gasteiger partial charge in [-0.05, 0) is 18.6 Å². The molecular formula is C10H15NO3S. The number of nitrogens with zero attached hydrogens (tertiary/aromatic N) is 1. The van der Waals surface area contributed by atoms with E-state index in [1.165, 1.54) is 6.42 Å². The average molecular weight is 229 g/mol. The van der Waals surface area contributed by atoms with E-state index in [1.54, 1.807) is 16.7 Å². The second-order valence-electron chi connectivity index (χ2n) is 4.13. The van der Waals surface area contributed by atoms with Crippen molar-refractivity contribution in [1.29, 1.82) is 0 Å². The number of aliphatic carboxylic acids is 1. The van der Waals surface area contributed by atoms with Gasteiger partial charge in [0.15, 0.2) is 0 Å². The topological polar surface area (TPSA) is 57.6 Å². The Hall–Kier alpha value is -0.710. The van der Waals surface area contributed by atoms with E-state index in [4.69, 9.17) is 5.11 Å². The molecule has 1 N–H and O–H groups in total. The van der Waals surface area contributed by atoms with E-state index < -0.39 is 5.97 Å². The second kappa shape index (κ2) is 4.43. The van der Waals surface area contributed by atoms with Crippen molar-refractivity contribution in [3.05, 3.63) is 0 Å². The van der Waals surface area contributed by atoms with E-state index in [0.717, 1.165) is 18.6 Å². The lowest BCUT2D eigenvalue weighted by Gasteiger charge is -2.39. The van der Waals surface area contributed by atoms with Gasteiger partial charge in [-0.25, -0.2) is 0 Å². The SMILES string of the molecule is O=C(O)C1CN(C(=O)C2CCCCS2)C1. The minimum absolute atomic E-state index is 0.0912. The van der Waals surface area contributed by atoms with Crippen LogP contribution in [0.2, 0.25) is 0 Å². The number of hydrogen-bond acceptors (Lipinski definition) is 3.